The second kappa shape index (κ2) is 9.13. The average molecular weight is 381 g/mol. The van der Waals surface area contributed by atoms with E-state index in [2.05, 4.69) is 47.5 Å². The lowest BCUT2D eigenvalue weighted by molar-refractivity contribution is -0.123. The second-order valence-corrected chi connectivity index (χ2v) is 8.16. The summed E-state index contributed by atoms with van der Waals surface area (Å²) in [6.07, 6.45) is 2.52. The van der Waals surface area contributed by atoms with Crippen molar-refractivity contribution in [1.82, 2.24) is 5.32 Å². The van der Waals surface area contributed by atoms with Crippen molar-refractivity contribution < 1.29 is 9.53 Å². The molecule has 1 amide bonds. The molecule has 0 spiro atoms. The summed E-state index contributed by atoms with van der Waals surface area (Å²) in [5.41, 5.74) is 4.64. The van der Waals surface area contributed by atoms with Gasteiger partial charge in [0, 0.05) is 18.8 Å². The highest BCUT2D eigenvalue weighted by Crippen LogP contribution is 2.24. The predicted octanol–water partition coefficient (Wildman–Crippen LogP) is 4.80. The van der Waals surface area contributed by atoms with Gasteiger partial charge >= 0.3 is 0 Å². The van der Waals surface area contributed by atoms with Crippen molar-refractivity contribution in [2.24, 2.45) is 5.92 Å². The first-order valence-electron chi connectivity index (χ1n) is 10.3. The van der Waals surface area contributed by atoms with E-state index in [1.807, 2.05) is 32.9 Å². The van der Waals surface area contributed by atoms with Crippen molar-refractivity contribution in [3.05, 3.63) is 59.2 Å². The summed E-state index contributed by atoms with van der Waals surface area (Å²) < 4.78 is 5.65. The van der Waals surface area contributed by atoms with E-state index in [1.54, 1.807) is 0 Å². The minimum Gasteiger partial charge on any atom is -0.484 e. The van der Waals surface area contributed by atoms with Crippen LogP contribution in [-0.2, 0) is 4.79 Å². The van der Waals surface area contributed by atoms with E-state index in [4.69, 9.17) is 4.74 Å². The third-order valence-corrected chi connectivity index (χ3v) is 5.48. The molecular formula is C24H32N2O2. The molecule has 1 aliphatic heterocycles. The minimum atomic E-state index is -0.110. The van der Waals surface area contributed by atoms with E-state index in [0.717, 1.165) is 41.4 Å². The fourth-order valence-corrected chi connectivity index (χ4v) is 3.77. The van der Waals surface area contributed by atoms with Crippen LogP contribution in [0.3, 0.4) is 0 Å². The molecule has 3 rings (SSSR count). The summed E-state index contributed by atoms with van der Waals surface area (Å²) in [6.45, 7) is 10.7. The van der Waals surface area contributed by atoms with Gasteiger partial charge in [-0.1, -0.05) is 25.1 Å². The Morgan fingerprint density at radius 3 is 2.32 bits per heavy atom. The smallest absolute Gasteiger partial charge is 0.258 e. The van der Waals surface area contributed by atoms with Crippen LogP contribution in [0.5, 0.6) is 5.75 Å². The number of benzene rings is 2. The Hall–Kier alpha value is -2.49. The summed E-state index contributed by atoms with van der Waals surface area (Å²) >= 11 is 0. The number of aryl methyl sites for hydroxylation is 2. The number of nitrogens with zero attached hydrogens (tertiary/aromatic N) is 1. The van der Waals surface area contributed by atoms with E-state index in [-0.39, 0.29) is 18.6 Å². The van der Waals surface area contributed by atoms with Crippen molar-refractivity contribution in [3.63, 3.8) is 0 Å². The van der Waals surface area contributed by atoms with Gasteiger partial charge in [0.05, 0.1) is 6.04 Å². The molecule has 0 aromatic heterocycles. The van der Waals surface area contributed by atoms with E-state index < -0.39 is 0 Å². The summed E-state index contributed by atoms with van der Waals surface area (Å²) in [7, 11) is 0. The molecule has 1 saturated heterocycles. The van der Waals surface area contributed by atoms with E-state index in [0.29, 0.717) is 0 Å². The largest absolute Gasteiger partial charge is 0.484 e. The maximum absolute atomic E-state index is 12.3. The molecule has 1 heterocycles. The van der Waals surface area contributed by atoms with E-state index >= 15 is 0 Å². The highest BCUT2D eigenvalue weighted by atomic mass is 16.5. The Bertz CT molecular complexity index is 773. The van der Waals surface area contributed by atoms with Gasteiger partial charge in [0.25, 0.3) is 5.91 Å². The van der Waals surface area contributed by atoms with Crippen LogP contribution in [0, 0.1) is 19.8 Å². The van der Waals surface area contributed by atoms with Crippen LogP contribution in [-0.4, -0.2) is 25.6 Å². The van der Waals surface area contributed by atoms with Crippen LogP contribution in [0.25, 0.3) is 0 Å². The summed E-state index contributed by atoms with van der Waals surface area (Å²) in [5, 5.41) is 3.02. The van der Waals surface area contributed by atoms with Crippen LogP contribution in [0.4, 0.5) is 5.69 Å². The molecular weight excluding hydrogens is 348 g/mol. The lowest BCUT2D eigenvalue weighted by atomic mass is 9.98. The molecule has 0 aliphatic carbocycles. The van der Waals surface area contributed by atoms with Crippen molar-refractivity contribution in [1.29, 1.82) is 0 Å². The zero-order valence-corrected chi connectivity index (χ0v) is 17.5. The van der Waals surface area contributed by atoms with Gasteiger partial charge in [-0.25, -0.2) is 0 Å². The number of hydrogen-bond donors (Lipinski definition) is 1. The molecule has 0 bridgehead atoms. The van der Waals surface area contributed by atoms with Crippen LogP contribution >= 0.6 is 0 Å². The number of ether oxygens (including phenoxy) is 1. The van der Waals surface area contributed by atoms with E-state index in [1.165, 1.54) is 18.5 Å². The number of nitrogens with one attached hydrogen (secondary N) is 1. The molecule has 0 radical (unpaired) electrons. The standard InChI is InChI=1S/C24H32N2O2/c1-17-9-11-26(12-10-17)22-7-5-21(6-8-22)20(4)25-24(27)16-28-23-14-18(2)13-19(3)15-23/h5-8,13-15,17,20H,9-12,16H2,1-4H3,(H,25,27)/t20-/m1/s1. The fourth-order valence-electron chi connectivity index (χ4n) is 3.77. The molecule has 1 fully saturated rings. The molecule has 1 N–H and O–H groups in total. The number of anilines is 1. The third-order valence-electron chi connectivity index (χ3n) is 5.48. The van der Waals surface area contributed by atoms with Gasteiger partial charge in [-0.3, -0.25) is 4.79 Å². The number of carbonyl (C=O) groups excluding carboxylic acids is 1. The molecule has 4 heteroatoms. The summed E-state index contributed by atoms with van der Waals surface area (Å²) in [5.74, 6) is 1.46. The van der Waals surface area contributed by atoms with Gasteiger partial charge in [-0.2, -0.15) is 0 Å². The molecule has 150 valence electrons. The molecule has 4 nitrogen and oxygen atoms in total. The maximum atomic E-state index is 12.3. The topological polar surface area (TPSA) is 41.6 Å². The summed E-state index contributed by atoms with van der Waals surface area (Å²) in [6, 6.07) is 14.5. The fraction of sp³-hybridized carbons (Fsp3) is 0.458. The normalized spacial score (nSPS) is 15.9. The van der Waals surface area contributed by atoms with Crippen LogP contribution in [0.1, 0.15) is 49.4 Å². The number of rotatable bonds is 6. The quantitative estimate of drug-likeness (QED) is 0.783. The Labute approximate surface area is 168 Å². The average Bonchev–Trinajstić information content (AvgIpc) is 2.66. The van der Waals surface area contributed by atoms with Gasteiger partial charge < -0.3 is 15.0 Å². The van der Waals surface area contributed by atoms with Crippen molar-refractivity contribution in [3.8, 4) is 5.75 Å². The first-order chi connectivity index (χ1) is 13.4. The van der Waals surface area contributed by atoms with Crippen LogP contribution in [0.15, 0.2) is 42.5 Å². The Kier molecular flexibility index (Phi) is 6.61. The summed E-state index contributed by atoms with van der Waals surface area (Å²) in [4.78, 5) is 14.7. The zero-order valence-electron chi connectivity index (χ0n) is 17.5. The first-order valence-corrected chi connectivity index (χ1v) is 10.3. The Balaban J connectivity index is 1.50. The van der Waals surface area contributed by atoms with Crippen molar-refractivity contribution in [2.75, 3.05) is 24.6 Å². The molecule has 1 atom stereocenters. The Morgan fingerprint density at radius 2 is 1.71 bits per heavy atom. The van der Waals surface area contributed by atoms with Crippen LogP contribution in [0.2, 0.25) is 0 Å². The molecule has 1 aliphatic rings. The number of amides is 1. The van der Waals surface area contributed by atoms with Crippen LogP contribution < -0.4 is 15.0 Å². The van der Waals surface area contributed by atoms with Crippen molar-refractivity contribution >= 4 is 11.6 Å². The second-order valence-electron chi connectivity index (χ2n) is 8.16. The Morgan fingerprint density at radius 1 is 1.11 bits per heavy atom. The third kappa shape index (κ3) is 5.51. The minimum absolute atomic E-state index is 0.0251. The maximum Gasteiger partial charge on any atom is 0.258 e. The lowest BCUT2D eigenvalue weighted by Gasteiger charge is -2.32. The molecule has 0 saturated carbocycles. The lowest BCUT2D eigenvalue weighted by Crippen LogP contribution is -2.33. The molecule has 2 aromatic carbocycles. The van der Waals surface area contributed by atoms with E-state index in [9.17, 15) is 4.79 Å². The zero-order chi connectivity index (χ0) is 20.1. The molecule has 0 unspecified atom stereocenters. The van der Waals surface area contributed by atoms with Gasteiger partial charge in [-0.15, -0.1) is 0 Å². The van der Waals surface area contributed by atoms with Gasteiger partial charge in [0.15, 0.2) is 6.61 Å². The number of piperidine rings is 1. The number of hydrogen-bond acceptors (Lipinski definition) is 3. The predicted molar refractivity (Wildman–Crippen MR) is 115 cm³/mol. The van der Waals surface area contributed by atoms with Gasteiger partial charge in [0.1, 0.15) is 5.75 Å². The van der Waals surface area contributed by atoms with Crippen molar-refractivity contribution in [2.45, 2.75) is 46.6 Å². The number of carbonyl (C=O) groups is 1. The monoisotopic (exact) mass is 380 g/mol. The van der Waals surface area contributed by atoms with Gasteiger partial charge in [0.2, 0.25) is 0 Å². The molecule has 28 heavy (non-hydrogen) atoms. The first kappa shape index (κ1) is 20.2. The highest BCUT2D eigenvalue weighted by Gasteiger charge is 2.16. The molecule has 2 aromatic rings. The SMILES string of the molecule is Cc1cc(C)cc(OCC(=O)N[C@H](C)c2ccc(N3CCC(C)CC3)cc2)c1. The van der Waals surface area contributed by atoms with Gasteiger partial charge in [-0.05, 0) is 80.5 Å². The highest BCUT2D eigenvalue weighted by molar-refractivity contribution is 5.78.